The van der Waals surface area contributed by atoms with Crippen LogP contribution in [0.4, 0.5) is 14.5 Å². The number of anilines is 1. The summed E-state index contributed by atoms with van der Waals surface area (Å²) in [5, 5.41) is 10.8. The quantitative estimate of drug-likeness (QED) is 0.838. The Labute approximate surface area is 163 Å². The van der Waals surface area contributed by atoms with E-state index >= 15 is 0 Å². The number of nitrogens with two attached hydrogens (primary N) is 1. The highest BCUT2D eigenvalue weighted by Crippen LogP contribution is 2.30. The van der Waals surface area contributed by atoms with E-state index in [9.17, 15) is 13.9 Å². The molecule has 7 heteroatoms. The van der Waals surface area contributed by atoms with Crippen molar-refractivity contribution in [3.05, 3.63) is 60.2 Å². The average Bonchev–Trinajstić information content (AvgIpc) is 2.98. The number of hydrogen-bond acceptors (Lipinski definition) is 5. The van der Waals surface area contributed by atoms with Crippen molar-refractivity contribution in [1.82, 2.24) is 4.90 Å². The van der Waals surface area contributed by atoms with Crippen LogP contribution in [0.3, 0.4) is 0 Å². The summed E-state index contributed by atoms with van der Waals surface area (Å²) in [4.78, 5) is 4.50. The van der Waals surface area contributed by atoms with Gasteiger partial charge in [-0.1, -0.05) is 18.2 Å². The van der Waals surface area contributed by atoms with Gasteiger partial charge in [-0.2, -0.15) is 0 Å². The number of piperazine rings is 1. The molecular weight excluding hydrogens is 364 g/mol. The van der Waals surface area contributed by atoms with Gasteiger partial charge in [0.1, 0.15) is 18.0 Å². The fraction of sp³-hybridized carbons (Fsp3) is 0.429. The molecule has 1 saturated heterocycles. The first-order valence-electron chi connectivity index (χ1n) is 9.62. The Balaban J connectivity index is 1.39. The van der Waals surface area contributed by atoms with E-state index in [4.69, 9.17) is 10.5 Å². The zero-order valence-electron chi connectivity index (χ0n) is 15.5. The standard InChI is InChI=1S/C21H25F2N3O2/c22-14-6-7-18(16(23)12-14)28-19-13-17(24)20(21(19)27)26-10-8-25(9-11-26)15-4-2-1-3-5-15/h1-7,12,17,19-21,27H,8-11,13,24H2/t17-,19-,20+,21+/m1/s1. The third-order valence-electron chi connectivity index (χ3n) is 5.70. The first-order valence-corrected chi connectivity index (χ1v) is 9.62. The first-order chi connectivity index (χ1) is 13.5. The molecule has 2 aromatic carbocycles. The molecule has 0 radical (unpaired) electrons. The van der Waals surface area contributed by atoms with Crippen LogP contribution < -0.4 is 15.4 Å². The SMILES string of the molecule is N[C@@H]1C[C@@H](Oc2ccc(F)cc2F)[C@H](O)[C@H]1N1CCN(c2ccccc2)CC1. The predicted octanol–water partition coefficient (Wildman–Crippen LogP) is 1.99. The summed E-state index contributed by atoms with van der Waals surface area (Å²) in [6.45, 7) is 3.25. The monoisotopic (exact) mass is 389 g/mol. The van der Waals surface area contributed by atoms with E-state index in [1.165, 1.54) is 11.8 Å². The molecule has 28 heavy (non-hydrogen) atoms. The average molecular weight is 389 g/mol. The highest BCUT2D eigenvalue weighted by atomic mass is 19.1. The number of rotatable bonds is 4. The summed E-state index contributed by atoms with van der Waals surface area (Å²) in [5.74, 6) is -1.50. The van der Waals surface area contributed by atoms with Gasteiger partial charge in [-0.15, -0.1) is 0 Å². The molecule has 1 aliphatic carbocycles. The molecule has 2 aromatic rings. The van der Waals surface area contributed by atoms with Crippen molar-refractivity contribution in [3.8, 4) is 5.75 Å². The van der Waals surface area contributed by atoms with Crippen LogP contribution >= 0.6 is 0 Å². The van der Waals surface area contributed by atoms with Crippen LogP contribution in [0.1, 0.15) is 6.42 Å². The van der Waals surface area contributed by atoms with Gasteiger partial charge in [-0.3, -0.25) is 4.90 Å². The second-order valence-corrected chi connectivity index (χ2v) is 7.47. The van der Waals surface area contributed by atoms with Crippen LogP contribution in [0.15, 0.2) is 48.5 Å². The van der Waals surface area contributed by atoms with E-state index in [1.54, 1.807) is 0 Å². The van der Waals surface area contributed by atoms with Gasteiger partial charge in [-0.05, 0) is 24.3 Å². The normalized spacial score (nSPS) is 28.5. The largest absolute Gasteiger partial charge is 0.485 e. The second kappa shape index (κ2) is 8.03. The van der Waals surface area contributed by atoms with E-state index < -0.39 is 23.8 Å². The Morgan fingerprint density at radius 1 is 1.00 bits per heavy atom. The Morgan fingerprint density at radius 2 is 1.71 bits per heavy atom. The molecule has 1 heterocycles. The van der Waals surface area contributed by atoms with Crippen LogP contribution in [-0.4, -0.2) is 60.5 Å². The Kier molecular flexibility index (Phi) is 5.48. The molecule has 1 aliphatic heterocycles. The molecule has 2 aliphatic rings. The van der Waals surface area contributed by atoms with Gasteiger partial charge in [0.15, 0.2) is 11.6 Å². The number of hydrogen-bond donors (Lipinski definition) is 2. The fourth-order valence-corrected chi connectivity index (χ4v) is 4.28. The van der Waals surface area contributed by atoms with Crippen molar-refractivity contribution in [2.24, 2.45) is 5.73 Å². The maximum atomic E-state index is 13.9. The smallest absolute Gasteiger partial charge is 0.167 e. The Bertz CT molecular complexity index is 799. The minimum Gasteiger partial charge on any atom is -0.485 e. The molecule has 2 fully saturated rings. The lowest BCUT2D eigenvalue weighted by molar-refractivity contribution is 0.00554. The van der Waals surface area contributed by atoms with Crippen LogP contribution in [0.25, 0.3) is 0 Å². The molecule has 0 aromatic heterocycles. The van der Waals surface area contributed by atoms with Gasteiger partial charge >= 0.3 is 0 Å². The number of aliphatic hydroxyl groups excluding tert-OH is 1. The number of halogens is 2. The lowest BCUT2D eigenvalue weighted by Gasteiger charge is -2.41. The summed E-state index contributed by atoms with van der Waals surface area (Å²) < 4.78 is 32.6. The molecular formula is C21H25F2N3O2. The van der Waals surface area contributed by atoms with Crippen LogP contribution in [-0.2, 0) is 0 Å². The zero-order valence-corrected chi connectivity index (χ0v) is 15.5. The topological polar surface area (TPSA) is 62.0 Å². The van der Waals surface area contributed by atoms with E-state index in [2.05, 4.69) is 21.9 Å². The van der Waals surface area contributed by atoms with Crippen molar-refractivity contribution >= 4 is 5.69 Å². The van der Waals surface area contributed by atoms with Crippen molar-refractivity contribution in [3.63, 3.8) is 0 Å². The third-order valence-corrected chi connectivity index (χ3v) is 5.70. The van der Waals surface area contributed by atoms with Gasteiger partial charge in [0, 0.05) is 50.4 Å². The number of para-hydroxylation sites is 1. The van der Waals surface area contributed by atoms with E-state index in [0.29, 0.717) is 6.42 Å². The van der Waals surface area contributed by atoms with Crippen molar-refractivity contribution < 1.29 is 18.6 Å². The fourth-order valence-electron chi connectivity index (χ4n) is 4.28. The molecule has 4 rings (SSSR count). The number of nitrogens with zero attached hydrogens (tertiary/aromatic N) is 2. The summed E-state index contributed by atoms with van der Waals surface area (Å²) >= 11 is 0. The minimum absolute atomic E-state index is 0.0628. The molecule has 0 unspecified atom stereocenters. The van der Waals surface area contributed by atoms with Crippen LogP contribution in [0, 0.1) is 11.6 Å². The molecule has 0 amide bonds. The second-order valence-electron chi connectivity index (χ2n) is 7.47. The van der Waals surface area contributed by atoms with E-state index in [1.807, 2.05) is 18.2 Å². The Morgan fingerprint density at radius 3 is 2.39 bits per heavy atom. The lowest BCUT2D eigenvalue weighted by Crippen LogP contribution is -2.57. The van der Waals surface area contributed by atoms with Crippen molar-refractivity contribution in [2.75, 3.05) is 31.1 Å². The Hall–Kier alpha value is -2.22. The van der Waals surface area contributed by atoms with E-state index in [-0.39, 0.29) is 17.8 Å². The molecule has 150 valence electrons. The van der Waals surface area contributed by atoms with Crippen molar-refractivity contribution in [1.29, 1.82) is 0 Å². The summed E-state index contributed by atoms with van der Waals surface area (Å²) in [6.07, 6.45) is -1.03. The number of aliphatic hydroxyl groups is 1. The van der Waals surface area contributed by atoms with E-state index in [0.717, 1.165) is 38.3 Å². The third kappa shape index (κ3) is 3.83. The van der Waals surface area contributed by atoms with Gasteiger partial charge in [0.05, 0.1) is 6.04 Å². The molecule has 5 nitrogen and oxygen atoms in total. The maximum absolute atomic E-state index is 13.9. The summed E-state index contributed by atoms with van der Waals surface area (Å²) in [7, 11) is 0. The minimum atomic E-state index is -0.831. The summed E-state index contributed by atoms with van der Waals surface area (Å²) in [5.41, 5.74) is 7.49. The first kappa shape index (κ1) is 19.1. The lowest BCUT2D eigenvalue weighted by atomic mass is 10.1. The number of ether oxygens (including phenoxy) is 1. The molecule has 4 atom stereocenters. The number of benzene rings is 2. The van der Waals surface area contributed by atoms with Crippen molar-refractivity contribution in [2.45, 2.75) is 30.7 Å². The molecule has 0 spiro atoms. The highest BCUT2D eigenvalue weighted by Gasteiger charge is 2.45. The molecule has 1 saturated carbocycles. The maximum Gasteiger partial charge on any atom is 0.167 e. The van der Waals surface area contributed by atoms with Gasteiger partial charge in [0.2, 0.25) is 0 Å². The predicted molar refractivity (Wildman–Crippen MR) is 103 cm³/mol. The van der Waals surface area contributed by atoms with Gasteiger partial charge < -0.3 is 20.5 Å². The summed E-state index contributed by atoms with van der Waals surface area (Å²) in [6, 6.07) is 12.9. The molecule has 3 N–H and O–H groups in total. The highest BCUT2D eigenvalue weighted by molar-refractivity contribution is 5.46. The van der Waals surface area contributed by atoms with Gasteiger partial charge in [0.25, 0.3) is 0 Å². The molecule has 0 bridgehead atoms. The van der Waals surface area contributed by atoms with Crippen LogP contribution in [0.5, 0.6) is 5.75 Å². The zero-order chi connectivity index (χ0) is 19.7. The van der Waals surface area contributed by atoms with Crippen LogP contribution in [0.2, 0.25) is 0 Å². The van der Waals surface area contributed by atoms with Gasteiger partial charge in [-0.25, -0.2) is 8.78 Å².